The molecule has 0 saturated carbocycles. The Morgan fingerprint density at radius 1 is 0.900 bits per heavy atom. The van der Waals surface area contributed by atoms with Crippen molar-refractivity contribution in [1.82, 2.24) is 9.97 Å². The maximum Gasteiger partial charge on any atom is 0.128 e. The van der Waals surface area contributed by atoms with Crippen LogP contribution in [0.25, 0.3) is 0 Å². The number of hydrogen-bond donors (Lipinski definition) is 0. The normalized spacial score (nSPS) is 15.4. The Morgan fingerprint density at radius 3 is 2.25 bits per heavy atom. The van der Waals surface area contributed by atoms with Crippen LogP contribution in [0.5, 0.6) is 0 Å². The van der Waals surface area contributed by atoms with Gasteiger partial charge in [-0.05, 0) is 24.3 Å². The fraction of sp³-hybridized carbons (Fsp3) is 0.333. The number of halogens is 1. The van der Waals surface area contributed by atoms with Gasteiger partial charge in [-0.25, -0.2) is 9.97 Å². The highest BCUT2D eigenvalue weighted by Crippen LogP contribution is 2.18. The Labute approximate surface area is 124 Å². The molecule has 5 heteroatoms. The molecule has 1 saturated heterocycles. The number of alkyl halides is 1. The molecule has 0 atom stereocenters. The lowest BCUT2D eigenvalue weighted by Gasteiger charge is -2.36. The molecule has 1 fully saturated rings. The number of pyridine rings is 2. The number of nitrogens with zero attached hydrogens (tertiary/aromatic N) is 4. The molecule has 2 aromatic rings. The van der Waals surface area contributed by atoms with E-state index >= 15 is 0 Å². The van der Waals surface area contributed by atoms with Gasteiger partial charge in [0.1, 0.15) is 11.6 Å². The average Bonchev–Trinajstić information content (AvgIpc) is 2.56. The van der Waals surface area contributed by atoms with E-state index < -0.39 is 0 Å². The quantitative estimate of drug-likeness (QED) is 0.813. The molecule has 0 bridgehead atoms. The fourth-order valence-corrected chi connectivity index (χ4v) is 2.57. The van der Waals surface area contributed by atoms with E-state index in [1.165, 1.54) is 0 Å². The Kier molecular flexibility index (Phi) is 4.02. The highest BCUT2D eigenvalue weighted by molar-refractivity contribution is 6.16. The van der Waals surface area contributed by atoms with Crippen LogP contribution in [0.1, 0.15) is 5.69 Å². The third kappa shape index (κ3) is 2.85. The van der Waals surface area contributed by atoms with Crippen molar-refractivity contribution in [3.05, 3.63) is 48.3 Å². The summed E-state index contributed by atoms with van der Waals surface area (Å²) < 4.78 is 0. The van der Waals surface area contributed by atoms with Crippen LogP contribution in [-0.4, -0.2) is 36.1 Å². The summed E-state index contributed by atoms with van der Waals surface area (Å²) in [5.74, 6) is 2.53. The van der Waals surface area contributed by atoms with Gasteiger partial charge in [-0.15, -0.1) is 11.6 Å². The highest BCUT2D eigenvalue weighted by atomic mass is 35.5. The van der Waals surface area contributed by atoms with E-state index in [1.807, 2.05) is 36.5 Å². The zero-order valence-corrected chi connectivity index (χ0v) is 12.0. The minimum atomic E-state index is 0.460. The molecule has 3 rings (SSSR count). The van der Waals surface area contributed by atoms with Crippen molar-refractivity contribution in [2.45, 2.75) is 5.88 Å². The Hall–Kier alpha value is -1.81. The number of anilines is 2. The maximum atomic E-state index is 5.84. The molecular weight excluding hydrogens is 272 g/mol. The molecule has 0 unspecified atom stereocenters. The van der Waals surface area contributed by atoms with Gasteiger partial charge in [0.15, 0.2) is 0 Å². The third-order valence-electron chi connectivity index (χ3n) is 3.51. The molecule has 0 N–H and O–H groups in total. The molecule has 0 spiro atoms. The molecular formula is C15H17ClN4. The molecule has 2 aromatic heterocycles. The summed E-state index contributed by atoms with van der Waals surface area (Å²) in [6.45, 7) is 3.83. The van der Waals surface area contributed by atoms with Crippen molar-refractivity contribution in [2.24, 2.45) is 0 Å². The van der Waals surface area contributed by atoms with Gasteiger partial charge < -0.3 is 9.80 Å². The topological polar surface area (TPSA) is 32.3 Å². The van der Waals surface area contributed by atoms with E-state index in [-0.39, 0.29) is 0 Å². The van der Waals surface area contributed by atoms with Gasteiger partial charge in [-0.2, -0.15) is 0 Å². The molecule has 3 heterocycles. The highest BCUT2D eigenvalue weighted by Gasteiger charge is 2.18. The van der Waals surface area contributed by atoms with Crippen LogP contribution in [0.15, 0.2) is 42.6 Å². The van der Waals surface area contributed by atoms with Crippen LogP contribution >= 0.6 is 11.6 Å². The van der Waals surface area contributed by atoms with Gasteiger partial charge in [0.05, 0.1) is 11.6 Å². The summed E-state index contributed by atoms with van der Waals surface area (Å²) in [6, 6.07) is 12.1. The molecule has 0 amide bonds. The summed E-state index contributed by atoms with van der Waals surface area (Å²) in [6.07, 6.45) is 1.84. The lowest BCUT2D eigenvalue weighted by molar-refractivity contribution is 0.641. The van der Waals surface area contributed by atoms with E-state index in [0.29, 0.717) is 5.88 Å². The lowest BCUT2D eigenvalue weighted by Crippen LogP contribution is -2.47. The Balaban J connectivity index is 1.66. The molecule has 0 radical (unpaired) electrons. The van der Waals surface area contributed by atoms with Crippen molar-refractivity contribution < 1.29 is 0 Å². The SMILES string of the molecule is ClCc1cccc(N2CCN(c3ccccn3)CC2)n1. The molecule has 0 aliphatic carbocycles. The van der Waals surface area contributed by atoms with Gasteiger partial charge in [0, 0.05) is 32.4 Å². The van der Waals surface area contributed by atoms with Gasteiger partial charge in [-0.3, -0.25) is 0 Å². The first kappa shape index (κ1) is 13.2. The predicted molar refractivity (Wildman–Crippen MR) is 82.5 cm³/mol. The van der Waals surface area contributed by atoms with Crippen LogP contribution in [0.4, 0.5) is 11.6 Å². The maximum absolute atomic E-state index is 5.84. The minimum Gasteiger partial charge on any atom is -0.353 e. The second-order valence-corrected chi connectivity index (χ2v) is 5.05. The molecule has 1 aliphatic heterocycles. The van der Waals surface area contributed by atoms with Crippen LogP contribution in [0.2, 0.25) is 0 Å². The monoisotopic (exact) mass is 288 g/mol. The first-order valence-electron chi connectivity index (χ1n) is 6.79. The minimum absolute atomic E-state index is 0.460. The van der Waals surface area contributed by atoms with Crippen molar-refractivity contribution >= 4 is 23.2 Å². The van der Waals surface area contributed by atoms with Gasteiger partial charge in [-0.1, -0.05) is 12.1 Å². The average molecular weight is 289 g/mol. The van der Waals surface area contributed by atoms with E-state index in [9.17, 15) is 0 Å². The van der Waals surface area contributed by atoms with Crippen molar-refractivity contribution in [2.75, 3.05) is 36.0 Å². The number of aromatic nitrogens is 2. The number of hydrogen-bond acceptors (Lipinski definition) is 4. The molecule has 0 aromatic carbocycles. The van der Waals surface area contributed by atoms with Crippen LogP contribution in [0.3, 0.4) is 0 Å². The van der Waals surface area contributed by atoms with E-state index in [2.05, 4.69) is 25.8 Å². The van der Waals surface area contributed by atoms with Crippen molar-refractivity contribution in [1.29, 1.82) is 0 Å². The van der Waals surface area contributed by atoms with Crippen molar-refractivity contribution in [3.8, 4) is 0 Å². The summed E-state index contributed by atoms with van der Waals surface area (Å²) in [5.41, 5.74) is 0.927. The van der Waals surface area contributed by atoms with E-state index in [4.69, 9.17) is 11.6 Å². The summed E-state index contributed by atoms with van der Waals surface area (Å²) >= 11 is 5.84. The standard InChI is InChI=1S/C15H17ClN4/c16-12-13-4-3-6-15(18-13)20-10-8-19(9-11-20)14-5-1-2-7-17-14/h1-7H,8-12H2. The number of piperazine rings is 1. The second-order valence-electron chi connectivity index (χ2n) is 4.78. The fourth-order valence-electron chi connectivity index (χ4n) is 2.42. The molecule has 20 heavy (non-hydrogen) atoms. The summed E-state index contributed by atoms with van der Waals surface area (Å²) in [7, 11) is 0. The van der Waals surface area contributed by atoms with Crippen LogP contribution in [-0.2, 0) is 5.88 Å². The zero-order valence-electron chi connectivity index (χ0n) is 11.2. The zero-order chi connectivity index (χ0) is 13.8. The largest absolute Gasteiger partial charge is 0.353 e. The summed E-state index contributed by atoms with van der Waals surface area (Å²) in [5, 5.41) is 0. The smallest absolute Gasteiger partial charge is 0.128 e. The third-order valence-corrected chi connectivity index (χ3v) is 3.78. The van der Waals surface area contributed by atoms with Gasteiger partial charge in [0.2, 0.25) is 0 Å². The van der Waals surface area contributed by atoms with Crippen LogP contribution < -0.4 is 9.80 Å². The van der Waals surface area contributed by atoms with Crippen molar-refractivity contribution in [3.63, 3.8) is 0 Å². The Bertz CT molecular complexity index is 553. The lowest BCUT2D eigenvalue weighted by atomic mass is 10.3. The Morgan fingerprint density at radius 2 is 1.60 bits per heavy atom. The van der Waals surface area contributed by atoms with Gasteiger partial charge >= 0.3 is 0 Å². The second kappa shape index (κ2) is 6.09. The first-order chi connectivity index (χ1) is 9.86. The van der Waals surface area contributed by atoms with E-state index in [1.54, 1.807) is 0 Å². The molecule has 1 aliphatic rings. The number of rotatable bonds is 3. The first-order valence-corrected chi connectivity index (χ1v) is 7.33. The summed E-state index contributed by atoms with van der Waals surface area (Å²) in [4.78, 5) is 13.6. The van der Waals surface area contributed by atoms with Crippen LogP contribution in [0, 0.1) is 0 Å². The van der Waals surface area contributed by atoms with Gasteiger partial charge in [0.25, 0.3) is 0 Å². The van der Waals surface area contributed by atoms with E-state index in [0.717, 1.165) is 43.5 Å². The predicted octanol–water partition coefficient (Wildman–Crippen LogP) is 2.54. The molecule has 4 nitrogen and oxygen atoms in total. The molecule has 104 valence electrons.